The fourth-order valence-electron chi connectivity index (χ4n) is 1.24. The van der Waals surface area contributed by atoms with Gasteiger partial charge in [-0.15, -0.1) is 11.3 Å². The highest BCUT2D eigenvalue weighted by atomic mass is 32.1. The van der Waals surface area contributed by atoms with Crippen molar-refractivity contribution in [1.82, 2.24) is 5.32 Å². The number of rotatable bonds is 3. The number of nitrogens with one attached hydrogen (secondary N) is 1. The lowest BCUT2D eigenvalue weighted by atomic mass is 9.95. The van der Waals surface area contributed by atoms with Crippen molar-refractivity contribution in [2.45, 2.75) is 32.7 Å². The Morgan fingerprint density at radius 3 is 2.50 bits per heavy atom. The zero-order chi connectivity index (χ0) is 10.8. The van der Waals surface area contributed by atoms with E-state index in [9.17, 15) is 0 Å². The van der Waals surface area contributed by atoms with Crippen LogP contribution in [-0.2, 0) is 12.0 Å². The summed E-state index contributed by atoms with van der Waals surface area (Å²) in [6.07, 6.45) is 0. The molecule has 1 aromatic heterocycles. The smallest absolute Gasteiger partial charge is 0.134 e. The quantitative estimate of drug-likeness (QED) is 0.833. The minimum absolute atomic E-state index is 0.212. The number of thiophene rings is 1. The van der Waals surface area contributed by atoms with Gasteiger partial charge in [-0.2, -0.15) is 0 Å². The van der Waals surface area contributed by atoms with E-state index in [0.717, 1.165) is 12.3 Å². The number of methoxy groups -OCH3 is 1. The molecule has 2 nitrogen and oxygen atoms in total. The summed E-state index contributed by atoms with van der Waals surface area (Å²) in [5.41, 5.74) is 0.212. The molecule has 0 saturated carbocycles. The standard InChI is InChI=1S/C11H19NOS/c1-11(2,3)10-6-8(13-5)9(14-10)7-12-4/h6,12H,7H2,1-5H3. The third-order valence-corrected chi connectivity index (χ3v) is 3.61. The third-order valence-electron chi connectivity index (χ3n) is 2.07. The van der Waals surface area contributed by atoms with Crippen LogP contribution in [-0.4, -0.2) is 14.2 Å². The van der Waals surface area contributed by atoms with Gasteiger partial charge in [-0.25, -0.2) is 0 Å². The van der Waals surface area contributed by atoms with E-state index in [0.29, 0.717) is 0 Å². The average Bonchev–Trinajstić information content (AvgIpc) is 2.47. The van der Waals surface area contributed by atoms with Crippen LogP contribution in [0.4, 0.5) is 0 Å². The molecule has 14 heavy (non-hydrogen) atoms. The number of ether oxygens (including phenoxy) is 1. The summed E-state index contributed by atoms with van der Waals surface area (Å²) in [4.78, 5) is 2.65. The van der Waals surface area contributed by atoms with Crippen LogP contribution in [0.3, 0.4) is 0 Å². The molecule has 1 rings (SSSR count). The fraction of sp³-hybridized carbons (Fsp3) is 0.636. The first kappa shape index (κ1) is 11.5. The van der Waals surface area contributed by atoms with Crippen molar-refractivity contribution < 1.29 is 4.74 Å². The minimum atomic E-state index is 0.212. The van der Waals surface area contributed by atoms with Gasteiger partial charge in [-0.1, -0.05) is 20.8 Å². The molecule has 3 heteroatoms. The van der Waals surface area contributed by atoms with Crippen molar-refractivity contribution in [1.29, 1.82) is 0 Å². The van der Waals surface area contributed by atoms with E-state index in [-0.39, 0.29) is 5.41 Å². The molecule has 0 fully saturated rings. The van der Waals surface area contributed by atoms with Gasteiger partial charge in [0.05, 0.1) is 12.0 Å². The summed E-state index contributed by atoms with van der Waals surface area (Å²) < 4.78 is 5.34. The molecule has 0 amide bonds. The van der Waals surface area contributed by atoms with Crippen LogP contribution in [0.25, 0.3) is 0 Å². The molecule has 0 unspecified atom stereocenters. The third kappa shape index (κ3) is 2.49. The summed E-state index contributed by atoms with van der Waals surface area (Å²) in [7, 11) is 3.68. The van der Waals surface area contributed by atoms with Gasteiger partial charge >= 0.3 is 0 Å². The highest BCUT2D eigenvalue weighted by molar-refractivity contribution is 7.12. The first-order valence-electron chi connectivity index (χ1n) is 4.81. The molecule has 80 valence electrons. The largest absolute Gasteiger partial charge is 0.496 e. The SMILES string of the molecule is CNCc1sc(C(C)(C)C)cc1OC. The second kappa shape index (κ2) is 4.32. The highest BCUT2D eigenvalue weighted by Gasteiger charge is 2.19. The fourth-order valence-corrected chi connectivity index (χ4v) is 2.44. The van der Waals surface area contributed by atoms with Crippen molar-refractivity contribution >= 4 is 11.3 Å². The summed E-state index contributed by atoms with van der Waals surface area (Å²) in [5, 5.41) is 3.15. The van der Waals surface area contributed by atoms with Crippen LogP contribution in [0, 0.1) is 0 Å². The highest BCUT2D eigenvalue weighted by Crippen LogP contribution is 2.36. The molecule has 1 aromatic rings. The van der Waals surface area contributed by atoms with Crippen LogP contribution in [0.5, 0.6) is 5.75 Å². The van der Waals surface area contributed by atoms with E-state index in [2.05, 4.69) is 32.2 Å². The minimum Gasteiger partial charge on any atom is -0.496 e. The van der Waals surface area contributed by atoms with Gasteiger partial charge < -0.3 is 10.1 Å². The Morgan fingerprint density at radius 2 is 2.07 bits per heavy atom. The Morgan fingerprint density at radius 1 is 1.43 bits per heavy atom. The topological polar surface area (TPSA) is 21.3 Å². The van der Waals surface area contributed by atoms with Crippen molar-refractivity contribution in [2.75, 3.05) is 14.2 Å². The van der Waals surface area contributed by atoms with Crippen molar-refractivity contribution in [2.24, 2.45) is 0 Å². The van der Waals surface area contributed by atoms with Crippen molar-refractivity contribution in [3.8, 4) is 5.75 Å². The zero-order valence-corrected chi connectivity index (χ0v) is 10.4. The van der Waals surface area contributed by atoms with Crippen LogP contribution in [0.2, 0.25) is 0 Å². The molecule has 0 atom stereocenters. The lowest BCUT2D eigenvalue weighted by Crippen LogP contribution is -2.08. The maximum atomic E-state index is 5.34. The van der Waals surface area contributed by atoms with Gasteiger partial charge in [0.1, 0.15) is 5.75 Å². The Bertz CT molecular complexity index is 299. The number of hydrogen-bond donors (Lipinski definition) is 1. The van der Waals surface area contributed by atoms with Gasteiger partial charge in [0.25, 0.3) is 0 Å². The molecular formula is C11H19NOS. The van der Waals surface area contributed by atoms with Crippen molar-refractivity contribution in [3.63, 3.8) is 0 Å². The predicted molar refractivity (Wildman–Crippen MR) is 62.3 cm³/mol. The van der Waals surface area contributed by atoms with E-state index >= 15 is 0 Å². The molecule has 0 saturated heterocycles. The maximum Gasteiger partial charge on any atom is 0.134 e. The Kier molecular flexibility index (Phi) is 3.56. The first-order valence-corrected chi connectivity index (χ1v) is 5.62. The van der Waals surface area contributed by atoms with Gasteiger partial charge in [-0.05, 0) is 18.5 Å². The lowest BCUT2D eigenvalue weighted by Gasteiger charge is -2.15. The maximum absolute atomic E-state index is 5.34. The zero-order valence-electron chi connectivity index (χ0n) is 9.60. The van der Waals surface area contributed by atoms with E-state index in [1.54, 1.807) is 7.11 Å². The van der Waals surface area contributed by atoms with E-state index in [1.165, 1.54) is 9.75 Å². The van der Waals surface area contributed by atoms with Crippen molar-refractivity contribution in [3.05, 3.63) is 15.8 Å². The van der Waals surface area contributed by atoms with Gasteiger partial charge in [0.15, 0.2) is 0 Å². The van der Waals surface area contributed by atoms with Crippen LogP contribution >= 0.6 is 11.3 Å². The summed E-state index contributed by atoms with van der Waals surface area (Å²) >= 11 is 1.83. The summed E-state index contributed by atoms with van der Waals surface area (Å²) in [5.74, 6) is 1.01. The molecular weight excluding hydrogens is 194 g/mol. The molecule has 0 bridgehead atoms. The van der Waals surface area contributed by atoms with Gasteiger partial charge in [0.2, 0.25) is 0 Å². The van der Waals surface area contributed by atoms with Crippen LogP contribution in [0.1, 0.15) is 30.5 Å². The lowest BCUT2D eigenvalue weighted by molar-refractivity contribution is 0.410. The second-order valence-electron chi connectivity index (χ2n) is 4.38. The summed E-state index contributed by atoms with van der Waals surface area (Å²) in [6, 6.07) is 2.15. The molecule has 0 aromatic carbocycles. The van der Waals surface area contributed by atoms with E-state index < -0.39 is 0 Å². The number of hydrogen-bond acceptors (Lipinski definition) is 3. The normalized spacial score (nSPS) is 11.8. The Hall–Kier alpha value is -0.540. The van der Waals surface area contributed by atoms with Crippen LogP contribution in [0.15, 0.2) is 6.07 Å². The van der Waals surface area contributed by atoms with Crippen LogP contribution < -0.4 is 10.1 Å². The average molecular weight is 213 g/mol. The van der Waals surface area contributed by atoms with E-state index in [1.807, 2.05) is 18.4 Å². The van der Waals surface area contributed by atoms with Gasteiger partial charge in [0, 0.05) is 11.4 Å². The summed E-state index contributed by atoms with van der Waals surface area (Å²) in [6.45, 7) is 7.55. The molecule has 1 N–H and O–H groups in total. The monoisotopic (exact) mass is 213 g/mol. The Labute approximate surface area is 90.3 Å². The predicted octanol–water partition coefficient (Wildman–Crippen LogP) is 2.77. The molecule has 0 aliphatic carbocycles. The van der Waals surface area contributed by atoms with Gasteiger partial charge in [-0.3, -0.25) is 0 Å². The first-order chi connectivity index (χ1) is 6.49. The second-order valence-corrected chi connectivity index (χ2v) is 5.52. The molecule has 0 radical (unpaired) electrons. The van der Waals surface area contributed by atoms with E-state index in [4.69, 9.17) is 4.74 Å². The molecule has 0 spiro atoms. The molecule has 1 heterocycles. The molecule has 0 aliphatic rings. The Balaban J connectivity index is 3.00. The molecule has 0 aliphatic heterocycles.